The number of aromatic nitrogens is 8. The Morgan fingerprint density at radius 1 is 0.592 bits per heavy atom. The lowest BCUT2D eigenvalue weighted by atomic mass is 10.1. The van der Waals surface area contributed by atoms with Crippen LogP contribution in [0.25, 0.3) is 32.9 Å². The normalized spacial score (nSPS) is 12.3. The second-order valence-corrected chi connectivity index (χ2v) is 11.9. The summed E-state index contributed by atoms with van der Waals surface area (Å²) in [6, 6.07) is 38.4. The Labute approximate surface area is 282 Å². The standard InChI is InChI=1S/C26H22N6.C12H11N5/c1-2-7-17(8-3-1)19-9-6-10-20(15-19)27-26-28-22-12-5-4-11-21(22)25(30-26)29-24-16-23(31-32-24)18-13-14-18;1-8-6-11(17-16-8)15-12-9-4-2-3-5-10(9)13-7-14-12/h1-12,15-16,18H,13-14H2,(H3,27,28,29,30,31,32);2-7H,1H3,(H2,13,14,15,16,17). The van der Waals surface area contributed by atoms with Crippen LogP contribution in [0.4, 0.5) is 34.9 Å². The minimum Gasteiger partial charge on any atom is -0.324 e. The zero-order valence-electron chi connectivity index (χ0n) is 26.7. The van der Waals surface area contributed by atoms with E-state index in [9.17, 15) is 0 Å². The minimum atomic E-state index is 0.536. The van der Waals surface area contributed by atoms with Crippen molar-refractivity contribution in [2.75, 3.05) is 16.0 Å². The Morgan fingerprint density at radius 3 is 2.08 bits per heavy atom. The Kier molecular flexibility index (Phi) is 8.04. The number of H-pyrrole nitrogens is 2. The number of para-hydroxylation sites is 2. The highest BCUT2D eigenvalue weighted by atomic mass is 15.2. The summed E-state index contributed by atoms with van der Waals surface area (Å²) in [6.07, 6.45) is 4.01. The number of hydrogen-bond donors (Lipinski definition) is 5. The van der Waals surface area contributed by atoms with Gasteiger partial charge in [-0.3, -0.25) is 10.2 Å². The predicted molar refractivity (Wildman–Crippen MR) is 195 cm³/mol. The van der Waals surface area contributed by atoms with E-state index in [1.165, 1.54) is 24.1 Å². The number of nitrogens with zero attached hydrogens (tertiary/aromatic N) is 6. The molecule has 1 aliphatic rings. The molecule has 5 N–H and O–H groups in total. The first-order valence-corrected chi connectivity index (χ1v) is 16.1. The summed E-state index contributed by atoms with van der Waals surface area (Å²) in [5.74, 6) is 4.18. The highest BCUT2D eigenvalue weighted by Crippen LogP contribution is 2.40. The number of rotatable bonds is 8. The molecule has 1 fully saturated rings. The molecule has 0 amide bonds. The predicted octanol–water partition coefficient (Wildman–Crippen LogP) is 8.79. The molecule has 4 aromatic carbocycles. The zero-order chi connectivity index (χ0) is 33.0. The second-order valence-electron chi connectivity index (χ2n) is 11.9. The van der Waals surface area contributed by atoms with Crippen LogP contribution in [-0.2, 0) is 0 Å². The van der Waals surface area contributed by atoms with E-state index in [1.54, 1.807) is 6.33 Å². The van der Waals surface area contributed by atoms with Gasteiger partial charge in [0.25, 0.3) is 0 Å². The molecule has 11 nitrogen and oxygen atoms in total. The van der Waals surface area contributed by atoms with Gasteiger partial charge in [0.15, 0.2) is 11.6 Å². The maximum atomic E-state index is 4.78. The average Bonchev–Trinajstić information content (AvgIpc) is 3.75. The quantitative estimate of drug-likeness (QED) is 0.110. The molecule has 8 aromatic rings. The van der Waals surface area contributed by atoms with Gasteiger partial charge < -0.3 is 16.0 Å². The summed E-state index contributed by atoms with van der Waals surface area (Å²) >= 11 is 0. The number of benzene rings is 4. The number of aryl methyl sites for hydroxylation is 1. The van der Waals surface area contributed by atoms with Crippen molar-refractivity contribution in [3.8, 4) is 11.1 Å². The van der Waals surface area contributed by atoms with E-state index in [0.717, 1.165) is 62.0 Å². The summed E-state index contributed by atoms with van der Waals surface area (Å²) < 4.78 is 0. The smallest absolute Gasteiger partial charge is 0.229 e. The molecule has 9 rings (SSSR count). The molecule has 0 spiro atoms. The van der Waals surface area contributed by atoms with Crippen LogP contribution < -0.4 is 16.0 Å². The molecular formula is C38H33N11. The van der Waals surface area contributed by atoms with E-state index in [4.69, 9.17) is 9.97 Å². The van der Waals surface area contributed by atoms with Crippen molar-refractivity contribution in [1.82, 2.24) is 40.3 Å². The summed E-state index contributed by atoms with van der Waals surface area (Å²) in [7, 11) is 0. The Hall–Kier alpha value is -6.62. The van der Waals surface area contributed by atoms with Crippen LogP contribution >= 0.6 is 0 Å². The lowest BCUT2D eigenvalue weighted by molar-refractivity contribution is 0.966. The first-order valence-electron chi connectivity index (χ1n) is 16.1. The number of anilines is 6. The average molecular weight is 644 g/mol. The van der Waals surface area contributed by atoms with Gasteiger partial charge in [0, 0.05) is 45.9 Å². The third-order valence-electron chi connectivity index (χ3n) is 8.19. The van der Waals surface area contributed by atoms with E-state index in [0.29, 0.717) is 11.9 Å². The molecule has 1 saturated carbocycles. The Morgan fingerprint density at radius 2 is 1.29 bits per heavy atom. The van der Waals surface area contributed by atoms with Crippen LogP contribution in [0.2, 0.25) is 0 Å². The second kappa shape index (κ2) is 13.2. The van der Waals surface area contributed by atoms with E-state index < -0.39 is 0 Å². The number of fused-ring (bicyclic) bond motifs is 2. The molecule has 4 aromatic heterocycles. The fourth-order valence-electron chi connectivity index (χ4n) is 5.60. The van der Waals surface area contributed by atoms with Crippen LogP contribution in [0.1, 0.15) is 30.1 Å². The molecule has 0 unspecified atom stereocenters. The molecule has 0 aliphatic heterocycles. The van der Waals surface area contributed by atoms with Gasteiger partial charge >= 0.3 is 0 Å². The summed E-state index contributed by atoms with van der Waals surface area (Å²) in [5.41, 5.74) is 7.21. The number of nitrogens with one attached hydrogen (secondary N) is 5. The third kappa shape index (κ3) is 6.91. The number of hydrogen-bond acceptors (Lipinski definition) is 9. The fourth-order valence-corrected chi connectivity index (χ4v) is 5.60. The highest BCUT2D eigenvalue weighted by molar-refractivity contribution is 5.92. The van der Waals surface area contributed by atoms with Gasteiger partial charge in [-0.15, -0.1) is 0 Å². The third-order valence-corrected chi connectivity index (χ3v) is 8.19. The molecule has 0 atom stereocenters. The topological polar surface area (TPSA) is 145 Å². The molecule has 1 aliphatic carbocycles. The van der Waals surface area contributed by atoms with Crippen molar-refractivity contribution in [2.24, 2.45) is 0 Å². The molecule has 49 heavy (non-hydrogen) atoms. The van der Waals surface area contributed by atoms with Gasteiger partial charge in [-0.2, -0.15) is 15.2 Å². The van der Waals surface area contributed by atoms with Crippen molar-refractivity contribution in [2.45, 2.75) is 25.7 Å². The largest absolute Gasteiger partial charge is 0.324 e. The summed E-state index contributed by atoms with van der Waals surface area (Å²) in [4.78, 5) is 17.9. The molecule has 11 heteroatoms. The molecule has 0 saturated heterocycles. The van der Waals surface area contributed by atoms with E-state index in [2.05, 4.69) is 76.6 Å². The number of aromatic amines is 2. The van der Waals surface area contributed by atoms with Gasteiger partial charge in [0.05, 0.1) is 11.0 Å². The van der Waals surface area contributed by atoms with Gasteiger partial charge in [0.1, 0.15) is 18.0 Å². The summed E-state index contributed by atoms with van der Waals surface area (Å²) in [6.45, 7) is 1.95. The molecule has 0 bridgehead atoms. The van der Waals surface area contributed by atoms with Gasteiger partial charge in [-0.05, 0) is 67.3 Å². The maximum Gasteiger partial charge on any atom is 0.229 e. The lowest BCUT2D eigenvalue weighted by Gasteiger charge is -2.11. The van der Waals surface area contributed by atoms with Crippen molar-refractivity contribution < 1.29 is 0 Å². The van der Waals surface area contributed by atoms with E-state index in [-0.39, 0.29) is 0 Å². The summed E-state index contributed by atoms with van der Waals surface area (Å²) in [5, 5.41) is 26.4. The SMILES string of the molecule is Cc1cc(Nc2ncnc3ccccc23)n[nH]1.c1ccc(-c2cccc(Nc3nc(Nc4cc(C5CC5)[nH]n4)c4ccccc4n3)c2)cc1. The van der Waals surface area contributed by atoms with Crippen molar-refractivity contribution in [3.63, 3.8) is 0 Å². The van der Waals surface area contributed by atoms with Crippen LogP contribution in [-0.4, -0.2) is 40.3 Å². The molecule has 0 radical (unpaired) electrons. The van der Waals surface area contributed by atoms with Gasteiger partial charge in [-0.25, -0.2) is 15.0 Å². The first kappa shape index (κ1) is 29.8. The van der Waals surface area contributed by atoms with Crippen molar-refractivity contribution in [1.29, 1.82) is 0 Å². The van der Waals surface area contributed by atoms with Gasteiger partial charge in [0.2, 0.25) is 5.95 Å². The molecule has 240 valence electrons. The highest BCUT2D eigenvalue weighted by Gasteiger charge is 2.25. The fraction of sp³-hybridized carbons (Fsp3) is 0.105. The minimum absolute atomic E-state index is 0.536. The van der Waals surface area contributed by atoms with Crippen LogP contribution in [0.5, 0.6) is 0 Å². The van der Waals surface area contributed by atoms with Crippen LogP contribution in [0.3, 0.4) is 0 Å². The van der Waals surface area contributed by atoms with E-state index >= 15 is 0 Å². The van der Waals surface area contributed by atoms with Gasteiger partial charge in [-0.1, -0.05) is 66.7 Å². The van der Waals surface area contributed by atoms with E-state index in [1.807, 2.05) is 91.9 Å². The van der Waals surface area contributed by atoms with Crippen molar-refractivity contribution >= 4 is 56.7 Å². The van der Waals surface area contributed by atoms with Crippen LogP contribution in [0.15, 0.2) is 122 Å². The monoisotopic (exact) mass is 643 g/mol. The molecular weight excluding hydrogens is 610 g/mol. The maximum absolute atomic E-state index is 4.78. The Bertz CT molecular complexity index is 2350. The zero-order valence-corrected chi connectivity index (χ0v) is 26.7. The van der Waals surface area contributed by atoms with Crippen LogP contribution in [0, 0.1) is 6.92 Å². The lowest BCUT2D eigenvalue weighted by Crippen LogP contribution is -2.02. The Balaban J connectivity index is 0.000000172. The molecule has 4 heterocycles. The first-order chi connectivity index (χ1) is 24.1. The van der Waals surface area contributed by atoms with Crippen molar-refractivity contribution in [3.05, 3.63) is 133 Å².